The van der Waals surface area contributed by atoms with E-state index in [0.717, 1.165) is 5.56 Å². The predicted molar refractivity (Wildman–Crippen MR) is 111 cm³/mol. The number of Topliss-reactive ketones (excluding diaryl/α,β-unsaturated/α-hetero) is 1. The van der Waals surface area contributed by atoms with Gasteiger partial charge in [-0.2, -0.15) is 4.72 Å². The van der Waals surface area contributed by atoms with Gasteiger partial charge in [0, 0.05) is 5.56 Å². The molecule has 28 heavy (non-hydrogen) atoms. The molecule has 0 aliphatic carbocycles. The van der Waals surface area contributed by atoms with Crippen LogP contribution < -0.4 is 4.72 Å². The van der Waals surface area contributed by atoms with Crippen molar-refractivity contribution >= 4 is 27.4 Å². The fraction of sp³-hybridized carbons (Fsp3) is 0.136. The van der Waals surface area contributed by atoms with E-state index in [4.69, 9.17) is 11.6 Å². The summed E-state index contributed by atoms with van der Waals surface area (Å²) in [4.78, 5) is 13.2. The second-order valence-corrected chi connectivity index (χ2v) is 8.64. The van der Waals surface area contributed by atoms with Gasteiger partial charge in [-0.1, -0.05) is 78.4 Å². The second kappa shape index (κ2) is 8.69. The van der Waals surface area contributed by atoms with Crippen LogP contribution in [0.1, 0.15) is 26.9 Å². The van der Waals surface area contributed by atoms with Gasteiger partial charge >= 0.3 is 0 Å². The highest BCUT2D eigenvalue weighted by molar-refractivity contribution is 7.89. The van der Waals surface area contributed by atoms with Gasteiger partial charge in [0.1, 0.15) is 6.04 Å². The van der Waals surface area contributed by atoms with Crippen LogP contribution in [-0.4, -0.2) is 20.2 Å². The molecular formula is C22H20ClNO3S. The minimum Gasteiger partial charge on any atom is -0.292 e. The number of halogens is 1. The normalized spacial score (nSPS) is 13.6. The number of nitrogens with one attached hydrogen (secondary N) is 1. The summed E-state index contributed by atoms with van der Waals surface area (Å²) in [7, 11) is -3.94. The van der Waals surface area contributed by atoms with E-state index in [9.17, 15) is 13.2 Å². The summed E-state index contributed by atoms with van der Waals surface area (Å²) >= 11 is 6.59. The monoisotopic (exact) mass is 413 g/mol. The van der Waals surface area contributed by atoms with Gasteiger partial charge in [-0.25, -0.2) is 8.42 Å². The molecule has 0 bridgehead atoms. The number of aryl methyl sites for hydroxylation is 1. The van der Waals surface area contributed by atoms with Crippen LogP contribution in [0.5, 0.6) is 0 Å². The molecular weight excluding hydrogens is 394 g/mol. The molecule has 4 nitrogen and oxygen atoms in total. The predicted octanol–water partition coefficient (Wildman–Crippen LogP) is 4.50. The maximum absolute atomic E-state index is 13.1. The molecule has 0 unspecified atom stereocenters. The zero-order chi connectivity index (χ0) is 20.1. The first-order valence-corrected chi connectivity index (χ1v) is 10.7. The van der Waals surface area contributed by atoms with Crippen molar-refractivity contribution < 1.29 is 13.2 Å². The SMILES string of the molecule is Cc1ccc(S(=O)(=O)N[C@H](C(=O)c2ccccc2)[C@H](Cl)c2ccccc2)cc1. The lowest BCUT2D eigenvalue weighted by molar-refractivity contribution is 0.0951. The van der Waals surface area contributed by atoms with Gasteiger partial charge in [0.05, 0.1) is 10.3 Å². The van der Waals surface area contributed by atoms with Crippen molar-refractivity contribution in [3.8, 4) is 0 Å². The van der Waals surface area contributed by atoms with E-state index in [2.05, 4.69) is 4.72 Å². The smallest absolute Gasteiger partial charge is 0.241 e. The van der Waals surface area contributed by atoms with Crippen molar-refractivity contribution in [1.29, 1.82) is 0 Å². The molecule has 1 N–H and O–H groups in total. The molecule has 2 atom stereocenters. The summed E-state index contributed by atoms with van der Waals surface area (Å²) in [6, 6.07) is 22.8. The highest BCUT2D eigenvalue weighted by atomic mass is 35.5. The molecule has 0 radical (unpaired) electrons. The van der Waals surface area contributed by atoms with Crippen molar-refractivity contribution in [1.82, 2.24) is 4.72 Å². The van der Waals surface area contributed by atoms with Crippen LogP contribution in [-0.2, 0) is 10.0 Å². The molecule has 0 heterocycles. The summed E-state index contributed by atoms with van der Waals surface area (Å²) < 4.78 is 28.3. The third-order valence-corrected chi connectivity index (χ3v) is 6.33. The quantitative estimate of drug-likeness (QED) is 0.458. The van der Waals surface area contributed by atoms with Gasteiger partial charge in [-0.3, -0.25) is 4.79 Å². The van der Waals surface area contributed by atoms with E-state index in [1.54, 1.807) is 66.7 Å². The van der Waals surface area contributed by atoms with Crippen LogP contribution in [0.4, 0.5) is 0 Å². The molecule has 0 aliphatic heterocycles. The third kappa shape index (κ3) is 4.68. The van der Waals surface area contributed by atoms with E-state index >= 15 is 0 Å². The summed E-state index contributed by atoms with van der Waals surface area (Å²) in [6.07, 6.45) is 0. The Morgan fingerprint density at radius 1 is 0.857 bits per heavy atom. The van der Waals surface area contributed by atoms with Crippen LogP contribution >= 0.6 is 11.6 Å². The second-order valence-electron chi connectivity index (χ2n) is 6.45. The molecule has 0 amide bonds. The fourth-order valence-electron chi connectivity index (χ4n) is 2.81. The molecule has 0 aliphatic rings. The minimum atomic E-state index is -3.94. The first-order valence-electron chi connectivity index (χ1n) is 8.76. The Bertz CT molecular complexity index is 1040. The average molecular weight is 414 g/mol. The Hall–Kier alpha value is -2.47. The molecule has 6 heteroatoms. The van der Waals surface area contributed by atoms with Crippen LogP contribution in [0.3, 0.4) is 0 Å². The Balaban J connectivity index is 1.98. The molecule has 0 spiro atoms. The molecule has 3 aromatic carbocycles. The number of sulfonamides is 1. The number of benzene rings is 3. The lowest BCUT2D eigenvalue weighted by atomic mass is 9.98. The molecule has 144 valence electrons. The van der Waals surface area contributed by atoms with Crippen molar-refractivity contribution in [2.24, 2.45) is 0 Å². The molecule has 0 saturated carbocycles. The van der Waals surface area contributed by atoms with E-state index in [-0.39, 0.29) is 10.7 Å². The number of hydrogen-bond donors (Lipinski definition) is 1. The van der Waals surface area contributed by atoms with Crippen molar-refractivity contribution in [2.45, 2.75) is 23.2 Å². The maximum atomic E-state index is 13.1. The van der Waals surface area contributed by atoms with E-state index in [1.165, 1.54) is 12.1 Å². The maximum Gasteiger partial charge on any atom is 0.241 e. The van der Waals surface area contributed by atoms with E-state index in [0.29, 0.717) is 11.1 Å². The number of carbonyl (C=O) groups is 1. The molecule has 3 rings (SSSR count). The van der Waals surface area contributed by atoms with Crippen LogP contribution in [0.25, 0.3) is 0 Å². The summed E-state index contributed by atoms with van der Waals surface area (Å²) in [5.74, 6) is -0.389. The van der Waals surface area contributed by atoms with Gasteiger partial charge in [-0.15, -0.1) is 11.6 Å². The van der Waals surface area contributed by atoms with Gasteiger partial charge in [-0.05, 0) is 24.6 Å². The fourth-order valence-corrected chi connectivity index (χ4v) is 4.42. The third-order valence-electron chi connectivity index (χ3n) is 4.36. The van der Waals surface area contributed by atoms with E-state index in [1.807, 2.05) is 13.0 Å². The highest BCUT2D eigenvalue weighted by Gasteiger charge is 2.33. The van der Waals surface area contributed by atoms with Gasteiger partial charge in [0.2, 0.25) is 10.0 Å². The number of carbonyl (C=O) groups excluding carboxylic acids is 1. The minimum absolute atomic E-state index is 0.0842. The zero-order valence-electron chi connectivity index (χ0n) is 15.2. The van der Waals surface area contributed by atoms with E-state index < -0.39 is 21.4 Å². The number of alkyl halides is 1. The Morgan fingerprint density at radius 2 is 1.39 bits per heavy atom. The zero-order valence-corrected chi connectivity index (χ0v) is 16.8. The topological polar surface area (TPSA) is 63.2 Å². The Kier molecular flexibility index (Phi) is 6.29. The first-order chi connectivity index (χ1) is 13.4. The van der Waals surface area contributed by atoms with Crippen molar-refractivity contribution in [2.75, 3.05) is 0 Å². The first kappa shape index (κ1) is 20.3. The summed E-state index contributed by atoms with van der Waals surface area (Å²) in [6.45, 7) is 1.87. The summed E-state index contributed by atoms with van der Waals surface area (Å²) in [5.41, 5.74) is 1.99. The lowest BCUT2D eigenvalue weighted by Crippen LogP contribution is -2.43. The standard InChI is InChI=1S/C22H20ClNO3S/c1-16-12-14-19(15-13-16)28(26,27)24-21(20(23)17-8-4-2-5-9-17)22(25)18-10-6-3-7-11-18/h2-15,20-21,24H,1H3/t20-,21+/m1/s1. The van der Waals surface area contributed by atoms with Gasteiger partial charge < -0.3 is 0 Å². The number of ketones is 1. The Morgan fingerprint density at radius 3 is 1.96 bits per heavy atom. The van der Waals surface area contributed by atoms with Gasteiger partial charge in [0.25, 0.3) is 0 Å². The highest BCUT2D eigenvalue weighted by Crippen LogP contribution is 2.28. The van der Waals surface area contributed by atoms with Gasteiger partial charge in [0.15, 0.2) is 5.78 Å². The average Bonchev–Trinajstić information content (AvgIpc) is 2.72. The number of hydrogen-bond acceptors (Lipinski definition) is 3. The lowest BCUT2D eigenvalue weighted by Gasteiger charge is -2.23. The molecule has 3 aromatic rings. The van der Waals surface area contributed by atoms with Crippen LogP contribution in [0.2, 0.25) is 0 Å². The van der Waals surface area contributed by atoms with Crippen molar-refractivity contribution in [3.05, 3.63) is 102 Å². The molecule has 0 fully saturated rings. The molecule has 0 saturated heterocycles. The molecule has 0 aromatic heterocycles. The number of rotatable bonds is 7. The largest absolute Gasteiger partial charge is 0.292 e. The van der Waals surface area contributed by atoms with Crippen molar-refractivity contribution in [3.63, 3.8) is 0 Å². The summed E-state index contributed by atoms with van der Waals surface area (Å²) in [5, 5.41) is -0.867. The van der Waals surface area contributed by atoms with Crippen LogP contribution in [0.15, 0.2) is 89.8 Å². The Labute approximate surface area is 170 Å². The van der Waals surface area contributed by atoms with Crippen LogP contribution in [0, 0.1) is 6.92 Å².